The molecule has 1 heterocycles. The average molecular weight is 476 g/mol. The minimum Gasteiger partial charge on any atom is -0.449 e. The zero-order chi connectivity index (χ0) is 20.2. The number of sulfonamides is 1. The van der Waals surface area contributed by atoms with Gasteiger partial charge in [-0.25, -0.2) is 18.0 Å². The van der Waals surface area contributed by atoms with Crippen LogP contribution in [-0.4, -0.2) is 32.4 Å². The highest BCUT2D eigenvalue weighted by Crippen LogP contribution is 2.28. The van der Waals surface area contributed by atoms with Gasteiger partial charge in [0.1, 0.15) is 4.21 Å². The Labute approximate surface area is 167 Å². The van der Waals surface area contributed by atoms with Crippen molar-refractivity contribution in [2.24, 2.45) is 5.73 Å². The minimum atomic E-state index is -3.92. The Morgan fingerprint density at radius 2 is 1.85 bits per heavy atom. The molecular formula is C15H14BrN3O6S2. The molecule has 0 spiro atoms. The summed E-state index contributed by atoms with van der Waals surface area (Å²) in [6.07, 6.45) is -1.32. The Hall–Kier alpha value is -2.44. The molecule has 0 radical (unpaired) electrons. The largest absolute Gasteiger partial charge is 0.449 e. The third-order valence-electron chi connectivity index (χ3n) is 3.10. The van der Waals surface area contributed by atoms with Crippen molar-refractivity contribution in [2.45, 2.75) is 17.2 Å². The molecule has 1 aromatic carbocycles. The van der Waals surface area contributed by atoms with Crippen LogP contribution in [0.4, 0.5) is 10.5 Å². The summed E-state index contributed by atoms with van der Waals surface area (Å²) in [5.74, 6) is -1.86. The van der Waals surface area contributed by atoms with E-state index in [4.69, 9.17) is 10.5 Å². The Bertz CT molecular complexity index is 989. The fraction of sp³-hybridized carbons (Fsp3) is 0.133. The van der Waals surface area contributed by atoms with E-state index in [1.54, 1.807) is 11.4 Å². The van der Waals surface area contributed by atoms with Gasteiger partial charge in [-0.3, -0.25) is 14.8 Å². The third kappa shape index (κ3) is 5.52. The first-order valence-electron chi connectivity index (χ1n) is 7.28. The van der Waals surface area contributed by atoms with Gasteiger partial charge in [0.2, 0.25) is 0 Å². The summed E-state index contributed by atoms with van der Waals surface area (Å²) < 4.78 is 32.9. The molecule has 3 amide bonds. The van der Waals surface area contributed by atoms with Gasteiger partial charge in [-0.2, -0.15) is 0 Å². The molecule has 4 N–H and O–H groups in total. The van der Waals surface area contributed by atoms with Crippen LogP contribution in [0.15, 0.2) is 44.4 Å². The molecule has 9 nitrogen and oxygen atoms in total. The van der Waals surface area contributed by atoms with Crippen molar-refractivity contribution < 1.29 is 27.5 Å². The van der Waals surface area contributed by atoms with Gasteiger partial charge >= 0.3 is 12.0 Å². The summed E-state index contributed by atoms with van der Waals surface area (Å²) in [5, 5.41) is 1.78. The zero-order valence-corrected chi connectivity index (χ0v) is 17.0. The van der Waals surface area contributed by atoms with Crippen LogP contribution in [0, 0.1) is 0 Å². The molecule has 1 unspecified atom stereocenters. The zero-order valence-electron chi connectivity index (χ0n) is 13.8. The highest BCUT2D eigenvalue weighted by Gasteiger charge is 2.24. The van der Waals surface area contributed by atoms with Crippen LogP contribution in [0.3, 0.4) is 0 Å². The maximum Gasteiger partial charge on any atom is 0.341 e. The standard InChI is InChI=1S/C15H14BrN3O6S2/c1-8(13(20)18-15(17)22)25-14(21)9-4-2-3-5-10(9)19-27(23,24)12-7-6-11(16)26-12/h2-8,19H,1H3,(H3,17,18,20,22). The van der Waals surface area contributed by atoms with Crippen molar-refractivity contribution in [3.63, 3.8) is 0 Å². The van der Waals surface area contributed by atoms with Crippen LogP contribution in [-0.2, 0) is 19.6 Å². The lowest BCUT2D eigenvalue weighted by Crippen LogP contribution is -2.42. The number of amides is 3. The fourth-order valence-electron chi connectivity index (χ4n) is 1.89. The van der Waals surface area contributed by atoms with E-state index in [0.717, 1.165) is 11.3 Å². The average Bonchev–Trinajstić information content (AvgIpc) is 3.01. The number of carbonyl (C=O) groups is 3. The lowest BCUT2D eigenvalue weighted by atomic mass is 10.2. The molecule has 1 atom stereocenters. The number of imide groups is 1. The van der Waals surface area contributed by atoms with Crippen LogP contribution in [0.1, 0.15) is 17.3 Å². The maximum absolute atomic E-state index is 12.5. The smallest absolute Gasteiger partial charge is 0.341 e. The van der Waals surface area contributed by atoms with Gasteiger partial charge in [0.05, 0.1) is 15.0 Å². The summed E-state index contributed by atoms with van der Waals surface area (Å²) in [7, 11) is -3.92. The first kappa shape index (κ1) is 20.9. The van der Waals surface area contributed by atoms with Gasteiger partial charge < -0.3 is 10.5 Å². The number of para-hydroxylation sites is 1. The Morgan fingerprint density at radius 1 is 1.19 bits per heavy atom. The normalized spacial score (nSPS) is 12.1. The van der Waals surface area contributed by atoms with Crippen LogP contribution in [0.5, 0.6) is 0 Å². The minimum absolute atomic E-state index is 0.0190. The quantitative estimate of drug-likeness (QED) is 0.545. The monoisotopic (exact) mass is 475 g/mol. The number of esters is 1. The van der Waals surface area contributed by atoms with Crippen molar-refractivity contribution in [1.82, 2.24) is 5.32 Å². The summed E-state index contributed by atoms with van der Waals surface area (Å²) in [5.41, 5.74) is 4.71. The Morgan fingerprint density at radius 3 is 2.44 bits per heavy atom. The molecule has 0 aliphatic rings. The van der Waals surface area contributed by atoms with Gasteiger partial charge in [0.25, 0.3) is 15.9 Å². The number of benzene rings is 1. The molecule has 1 aromatic heterocycles. The van der Waals surface area contributed by atoms with E-state index in [1.807, 2.05) is 0 Å². The number of primary amides is 1. The Kier molecular flexibility index (Phi) is 6.57. The summed E-state index contributed by atoms with van der Waals surface area (Å²) in [6, 6.07) is 7.66. The van der Waals surface area contributed by atoms with Crippen molar-refractivity contribution >= 4 is 60.9 Å². The highest BCUT2D eigenvalue weighted by molar-refractivity contribution is 9.11. The van der Waals surface area contributed by atoms with Gasteiger partial charge in [-0.1, -0.05) is 12.1 Å². The molecule has 144 valence electrons. The van der Waals surface area contributed by atoms with Crippen LogP contribution in [0.25, 0.3) is 0 Å². The maximum atomic E-state index is 12.5. The topological polar surface area (TPSA) is 145 Å². The summed E-state index contributed by atoms with van der Waals surface area (Å²) in [6.45, 7) is 1.24. The third-order valence-corrected chi connectivity index (χ3v) is 6.59. The van der Waals surface area contributed by atoms with Crippen LogP contribution < -0.4 is 15.8 Å². The van der Waals surface area contributed by atoms with Crippen molar-refractivity contribution in [2.75, 3.05) is 4.72 Å². The number of urea groups is 1. The van der Waals surface area contributed by atoms with E-state index in [-0.39, 0.29) is 15.5 Å². The number of carbonyl (C=O) groups excluding carboxylic acids is 3. The van der Waals surface area contributed by atoms with Crippen molar-refractivity contribution in [3.8, 4) is 0 Å². The van der Waals surface area contributed by atoms with E-state index in [1.165, 1.54) is 37.3 Å². The number of rotatable bonds is 6. The summed E-state index contributed by atoms with van der Waals surface area (Å²) in [4.78, 5) is 34.6. The lowest BCUT2D eigenvalue weighted by molar-refractivity contribution is -0.127. The number of hydrogen-bond donors (Lipinski definition) is 3. The second kappa shape index (κ2) is 8.50. The van der Waals surface area contributed by atoms with Crippen molar-refractivity contribution in [3.05, 3.63) is 45.7 Å². The molecule has 0 saturated heterocycles. The van der Waals surface area contributed by atoms with E-state index in [2.05, 4.69) is 20.7 Å². The predicted octanol–water partition coefficient (Wildman–Crippen LogP) is 2.05. The second-order valence-electron chi connectivity index (χ2n) is 5.11. The number of ether oxygens (including phenoxy) is 1. The Balaban J connectivity index is 2.21. The molecule has 0 aliphatic heterocycles. The van der Waals surface area contributed by atoms with Crippen LogP contribution >= 0.6 is 27.3 Å². The lowest BCUT2D eigenvalue weighted by Gasteiger charge is -2.14. The SMILES string of the molecule is CC(OC(=O)c1ccccc1NS(=O)(=O)c1ccc(Br)s1)C(=O)NC(N)=O. The molecule has 0 aliphatic carbocycles. The fourth-order valence-corrected chi connectivity index (χ4v) is 4.98. The number of halogens is 1. The molecular weight excluding hydrogens is 462 g/mol. The number of nitrogens with one attached hydrogen (secondary N) is 2. The van der Waals surface area contributed by atoms with Gasteiger partial charge in [-0.15, -0.1) is 11.3 Å². The number of anilines is 1. The number of nitrogens with two attached hydrogens (primary N) is 1. The number of thiophene rings is 1. The van der Waals surface area contributed by atoms with Gasteiger partial charge in [0.15, 0.2) is 6.10 Å². The van der Waals surface area contributed by atoms with Gasteiger partial charge in [-0.05, 0) is 47.1 Å². The van der Waals surface area contributed by atoms with E-state index in [0.29, 0.717) is 3.79 Å². The molecule has 12 heteroatoms. The highest BCUT2D eigenvalue weighted by atomic mass is 79.9. The molecule has 2 rings (SSSR count). The van der Waals surface area contributed by atoms with Gasteiger partial charge in [0, 0.05) is 0 Å². The molecule has 2 aromatic rings. The summed E-state index contributed by atoms with van der Waals surface area (Å²) >= 11 is 4.19. The molecule has 27 heavy (non-hydrogen) atoms. The van der Waals surface area contributed by atoms with E-state index < -0.39 is 34.0 Å². The van der Waals surface area contributed by atoms with Crippen molar-refractivity contribution in [1.29, 1.82) is 0 Å². The van der Waals surface area contributed by atoms with Crippen LogP contribution in [0.2, 0.25) is 0 Å². The molecule has 0 fully saturated rings. The predicted molar refractivity (Wildman–Crippen MR) is 102 cm³/mol. The van der Waals surface area contributed by atoms with E-state index >= 15 is 0 Å². The van der Waals surface area contributed by atoms with E-state index in [9.17, 15) is 22.8 Å². The molecule has 0 saturated carbocycles. The first-order chi connectivity index (χ1) is 12.6. The number of hydrogen-bond acceptors (Lipinski definition) is 7. The molecule has 0 bridgehead atoms. The first-order valence-corrected chi connectivity index (χ1v) is 10.4. The second-order valence-corrected chi connectivity index (χ2v) is 9.48.